The number of benzene rings is 3. The molecule has 0 N–H and O–H groups in total. The lowest BCUT2D eigenvalue weighted by atomic mass is 9.84. The number of hydrogen-bond acceptors (Lipinski definition) is 0. The highest BCUT2D eigenvalue weighted by Gasteiger charge is 2.30. The second-order valence-electron chi connectivity index (χ2n) is 4.82. The van der Waals surface area contributed by atoms with E-state index in [1.165, 1.54) is 11.1 Å². The van der Waals surface area contributed by atoms with Crippen LogP contribution in [-0.2, 0) is 5.16 Å². The van der Waals surface area contributed by atoms with Crippen molar-refractivity contribution >= 4 is 9.24 Å². The van der Waals surface area contributed by atoms with E-state index in [4.69, 9.17) is 0 Å². The maximum atomic E-state index is 3.39. The first kappa shape index (κ1) is 13.1. The van der Waals surface area contributed by atoms with Crippen LogP contribution in [0.5, 0.6) is 0 Å². The van der Waals surface area contributed by atoms with Crippen LogP contribution < -0.4 is 0 Å². The molecular formula is C19H16P. The number of hydrogen-bond donors (Lipinski definition) is 0. The summed E-state index contributed by atoms with van der Waals surface area (Å²) >= 11 is 0. The largest absolute Gasteiger partial charge is 0.117 e. The van der Waals surface area contributed by atoms with Crippen LogP contribution in [0.4, 0.5) is 0 Å². The summed E-state index contributed by atoms with van der Waals surface area (Å²) in [6.45, 7) is 0. The van der Waals surface area contributed by atoms with Gasteiger partial charge in [0.2, 0.25) is 0 Å². The molecule has 0 heterocycles. The van der Waals surface area contributed by atoms with E-state index in [0.717, 1.165) is 5.56 Å². The molecule has 0 spiro atoms. The lowest BCUT2D eigenvalue weighted by Gasteiger charge is -2.31. The van der Waals surface area contributed by atoms with Crippen LogP contribution in [0.25, 0.3) is 0 Å². The molecule has 0 nitrogen and oxygen atoms in total. The molecule has 1 atom stereocenters. The number of rotatable bonds is 3. The molecule has 0 bridgehead atoms. The third-order valence-corrected chi connectivity index (χ3v) is 4.57. The monoisotopic (exact) mass is 275 g/mol. The van der Waals surface area contributed by atoms with E-state index in [-0.39, 0.29) is 5.16 Å². The zero-order valence-electron chi connectivity index (χ0n) is 11.2. The van der Waals surface area contributed by atoms with Gasteiger partial charge in [-0.05, 0) is 22.8 Å². The Labute approximate surface area is 122 Å². The van der Waals surface area contributed by atoms with E-state index >= 15 is 0 Å². The average molecular weight is 275 g/mol. The minimum atomic E-state index is -0.260. The molecule has 0 saturated carbocycles. The third-order valence-electron chi connectivity index (χ3n) is 3.59. The molecule has 0 amide bonds. The first-order valence-corrected chi connectivity index (χ1v) is 7.26. The molecule has 3 aromatic carbocycles. The van der Waals surface area contributed by atoms with Crippen molar-refractivity contribution < 1.29 is 0 Å². The highest BCUT2D eigenvalue weighted by Crippen LogP contribution is 2.44. The molecule has 3 aromatic rings. The fourth-order valence-corrected chi connectivity index (χ4v) is 3.08. The quantitative estimate of drug-likeness (QED) is 0.482. The molecule has 0 saturated heterocycles. The van der Waals surface area contributed by atoms with Crippen LogP contribution in [0.15, 0.2) is 84.9 Å². The average Bonchev–Trinajstić information content (AvgIpc) is 2.56. The minimum Gasteiger partial charge on any atom is -0.117 e. The lowest BCUT2D eigenvalue weighted by molar-refractivity contribution is 0.895. The van der Waals surface area contributed by atoms with Crippen LogP contribution in [0.1, 0.15) is 16.7 Å². The standard InChI is InChI=1S/C19H16P/c20-19(16-10-4-1-5-11-16,17-12-6-2-7-13-17)18-14-8-3-9-15-18/h1-14H,20H2. The highest BCUT2D eigenvalue weighted by atomic mass is 31.0. The van der Waals surface area contributed by atoms with Crippen LogP contribution in [-0.4, -0.2) is 0 Å². The molecule has 1 heteroatoms. The van der Waals surface area contributed by atoms with Crippen molar-refractivity contribution in [2.75, 3.05) is 0 Å². The Morgan fingerprint density at radius 3 is 1.60 bits per heavy atom. The van der Waals surface area contributed by atoms with Gasteiger partial charge in [0.1, 0.15) is 0 Å². The van der Waals surface area contributed by atoms with Crippen molar-refractivity contribution in [3.8, 4) is 0 Å². The van der Waals surface area contributed by atoms with Gasteiger partial charge in [0.25, 0.3) is 0 Å². The Bertz CT molecular complexity index is 563. The van der Waals surface area contributed by atoms with Crippen LogP contribution >= 0.6 is 9.24 Å². The molecule has 20 heavy (non-hydrogen) atoms. The van der Waals surface area contributed by atoms with E-state index in [0.29, 0.717) is 0 Å². The van der Waals surface area contributed by atoms with E-state index in [1.807, 2.05) is 24.3 Å². The van der Waals surface area contributed by atoms with Gasteiger partial charge in [-0.2, -0.15) is 0 Å². The molecule has 0 aliphatic heterocycles. The van der Waals surface area contributed by atoms with E-state index < -0.39 is 0 Å². The van der Waals surface area contributed by atoms with Gasteiger partial charge >= 0.3 is 0 Å². The Morgan fingerprint density at radius 2 is 1.15 bits per heavy atom. The molecule has 0 aromatic heterocycles. The highest BCUT2D eigenvalue weighted by molar-refractivity contribution is 7.19. The Kier molecular flexibility index (Phi) is 3.67. The summed E-state index contributed by atoms with van der Waals surface area (Å²) in [6, 6.07) is 32.7. The van der Waals surface area contributed by atoms with E-state index in [2.05, 4.69) is 76.0 Å². The smallest absolute Gasteiger partial charge is 0.0597 e. The molecule has 1 radical (unpaired) electrons. The topological polar surface area (TPSA) is 0 Å². The Morgan fingerprint density at radius 1 is 0.650 bits per heavy atom. The van der Waals surface area contributed by atoms with Gasteiger partial charge in [-0.15, -0.1) is 9.24 Å². The Balaban J connectivity index is 2.24. The summed E-state index contributed by atoms with van der Waals surface area (Å²) in [4.78, 5) is 0. The van der Waals surface area contributed by atoms with Crippen LogP contribution in [0, 0.1) is 6.07 Å². The second-order valence-corrected chi connectivity index (χ2v) is 5.68. The summed E-state index contributed by atoms with van der Waals surface area (Å²) in [5, 5.41) is -0.260. The third kappa shape index (κ3) is 2.28. The van der Waals surface area contributed by atoms with Gasteiger partial charge in [0, 0.05) is 0 Å². The molecular weight excluding hydrogens is 259 g/mol. The fourth-order valence-electron chi connectivity index (χ4n) is 2.52. The van der Waals surface area contributed by atoms with Gasteiger partial charge < -0.3 is 0 Å². The first-order valence-electron chi connectivity index (χ1n) is 6.69. The summed E-state index contributed by atoms with van der Waals surface area (Å²) in [7, 11) is 3.03. The predicted octanol–water partition coefficient (Wildman–Crippen LogP) is 4.65. The normalized spacial score (nSPS) is 11.2. The molecule has 1 unspecified atom stereocenters. The van der Waals surface area contributed by atoms with Gasteiger partial charge in [0.05, 0.1) is 5.16 Å². The molecule has 0 fully saturated rings. The van der Waals surface area contributed by atoms with Gasteiger partial charge in [0.15, 0.2) is 0 Å². The maximum Gasteiger partial charge on any atom is 0.0597 e. The molecule has 0 aliphatic rings. The van der Waals surface area contributed by atoms with Crippen molar-refractivity contribution in [2.45, 2.75) is 5.16 Å². The minimum absolute atomic E-state index is 0.260. The van der Waals surface area contributed by atoms with Crippen molar-refractivity contribution in [1.29, 1.82) is 0 Å². The van der Waals surface area contributed by atoms with E-state index in [1.54, 1.807) is 0 Å². The van der Waals surface area contributed by atoms with Crippen molar-refractivity contribution in [3.05, 3.63) is 108 Å². The SMILES string of the molecule is PC(c1[c]cccc1)(c1ccccc1)c1ccccc1. The summed E-state index contributed by atoms with van der Waals surface area (Å²) < 4.78 is 0. The van der Waals surface area contributed by atoms with E-state index in [9.17, 15) is 0 Å². The zero-order chi connectivity index (χ0) is 13.8. The lowest BCUT2D eigenvalue weighted by Crippen LogP contribution is -2.21. The maximum absolute atomic E-state index is 3.39. The second kappa shape index (κ2) is 5.61. The van der Waals surface area contributed by atoms with Gasteiger partial charge in [-0.3, -0.25) is 0 Å². The van der Waals surface area contributed by atoms with Crippen molar-refractivity contribution in [1.82, 2.24) is 0 Å². The van der Waals surface area contributed by atoms with Crippen LogP contribution in [0.3, 0.4) is 0 Å². The Hall–Kier alpha value is -1.91. The summed E-state index contributed by atoms with van der Waals surface area (Å²) in [5.74, 6) is 0. The fraction of sp³-hybridized carbons (Fsp3) is 0.0526. The van der Waals surface area contributed by atoms with Gasteiger partial charge in [-0.25, -0.2) is 0 Å². The zero-order valence-corrected chi connectivity index (χ0v) is 12.3. The summed E-state index contributed by atoms with van der Waals surface area (Å²) in [5.41, 5.74) is 3.65. The molecule has 0 aliphatic carbocycles. The van der Waals surface area contributed by atoms with Crippen molar-refractivity contribution in [2.24, 2.45) is 0 Å². The van der Waals surface area contributed by atoms with Crippen molar-refractivity contribution in [3.63, 3.8) is 0 Å². The first-order chi connectivity index (χ1) is 9.82. The molecule has 97 valence electrons. The van der Waals surface area contributed by atoms with Gasteiger partial charge in [-0.1, -0.05) is 84.9 Å². The predicted molar refractivity (Wildman–Crippen MR) is 87.8 cm³/mol. The molecule has 3 rings (SSSR count). The van der Waals surface area contributed by atoms with Crippen LogP contribution in [0.2, 0.25) is 0 Å². The summed E-state index contributed by atoms with van der Waals surface area (Å²) in [6.07, 6.45) is 0.